The van der Waals surface area contributed by atoms with E-state index in [-0.39, 0.29) is 6.08 Å². The van der Waals surface area contributed by atoms with Gasteiger partial charge < -0.3 is 0 Å². The zero-order valence-electron chi connectivity index (χ0n) is 7.59. The maximum atomic E-state index is 11.7. The van der Waals surface area contributed by atoms with Gasteiger partial charge in [0.15, 0.2) is 0 Å². The molecule has 0 amide bonds. The molecule has 0 aromatic heterocycles. The van der Waals surface area contributed by atoms with Crippen LogP contribution in [0.5, 0.6) is 0 Å². The van der Waals surface area contributed by atoms with Crippen molar-refractivity contribution < 1.29 is 13.2 Å². The number of hydrogen-bond donors (Lipinski definition) is 0. The SMILES string of the molecule is FC(F)(F)C=CCCc1ccccc1. The second-order valence-electron chi connectivity index (χ2n) is 2.97. The fourth-order valence-electron chi connectivity index (χ4n) is 1.11. The van der Waals surface area contributed by atoms with Crippen LogP contribution in [0.2, 0.25) is 0 Å². The minimum atomic E-state index is -4.18. The second kappa shape index (κ2) is 4.84. The van der Waals surface area contributed by atoms with Crippen LogP contribution in [0.25, 0.3) is 0 Å². The van der Waals surface area contributed by atoms with E-state index in [1.807, 2.05) is 30.3 Å². The van der Waals surface area contributed by atoms with Crippen LogP contribution in [0.3, 0.4) is 0 Å². The van der Waals surface area contributed by atoms with Gasteiger partial charge in [-0.25, -0.2) is 0 Å². The summed E-state index contributed by atoms with van der Waals surface area (Å²) in [5.41, 5.74) is 1.05. The van der Waals surface area contributed by atoms with E-state index in [4.69, 9.17) is 0 Å². The van der Waals surface area contributed by atoms with E-state index in [0.29, 0.717) is 12.8 Å². The molecule has 0 bridgehead atoms. The average Bonchev–Trinajstić information content (AvgIpc) is 2.13. The number of hydrogen-bond acceptors (Lipinski definition) is 0. The molecule has 0 atom stereocenters. The third-order valence-corrected chi connectivity index (χ3v) is 1.75. The molecule has 0 unspecified atom stereocenters. The van der Waals surface area contributed by atoms with Gasteiger partial charge >= 0.3 is 6.18 Å². The van der Waals surface area contributed by atoms with Crippen molar-refractivity contribution in [3.63, 3.8) is 0 Å². The van der Waals surface area contributed by atoms with E-state index >= 15 is 0 Å². The number of aryl methyl sites for hydroxylation is 1. The first kappa shape index (κ1) is 10.8. The molecule has 0 nitrogen and oxygen atoms in total. The molecule has 1 aromatic carbocycles. The molecule has 0 heterocycles. The molecule has 0 saturated carbocycles. The van der Waals surface area contributed by atoms with Crippen molar-refractivity contribution in [3.8, 4) is 0 Å². The van der Waals surface area contributed by atoms with Crippen molar-refractivity contribution in [2.75, 3.05) is 0 Å². The maximum Gasteiger partial charge on any atom is 0.409 e. The Balaban J connectivity index is 2.33. The molecule has 1 rings (SSSR count). The summed E-state index contributed by atoms with van der Waals surface area (Å²) in [6, 6.07) is 9.45. The highest BCUT2D eigenvalue weighted by Crippen LogP contribution is 2.16. The fourth-order valence-corrected chi connectivity index (χ4v) is 1.11. The molecule has 0 N–H and O–H groups in total. The summed E-state index contributed by atoms with van der Waals surface area (Å²) in [5, 5.41) is 0. The highest BCUT2D eigenvalue weighted by molar-refractivity contribution is 5.15. The molecule has 0 saturated heterocycles. The summed E-state index contributed by atoms with van der Waals surface area (Å²) in [7, 11) is 0. The lowest BCUT2D eigenvalue weighted by Gasteiger charge is -1.98. The van der Waals surface area contributed by atoms with Gasteiger partial charge in [-0.15, -0.1) is 0 Å². The molecule has 14 heavy (non-hydrogen) atoms. The first-order valence-electron chi connectivity index (χ1n) is 4.36. The molecule has 3 heteroatoms. The van der Waals surface area contributed by atoms with Crippen molar-refractivity contribution in [2.24, 2.45) is 0 Å². The standard InChI is InChI=1S/C11H11F3/c12-11(13,14)9-5-4-8-10-6-2-1-3-7-10/h1-3,5-7,9H,4,8H2. The fraction of sp³-hybridized carbons (Fsp3) is 0.273. The van der Waals surface area contributed by atoms with Gasteiger partial charge in [0.05, 0.1) is 0 Å². The van der Waals surface area contributed by atoms with Crippen LogP contribution in [0.15, 0.2) is 42.5 Å². The van der Waals surface area contributed by atoms with E-state index in [2.05, 4.69) is 0 Å². The quantitative estimate of drug-likeness (QED) is 0.652. The van der Waals surface area contributed by atoms with Gasteiger partial charge in [-0.3, -0.25) is 0 Å². The summed E-state index contributed by atoms with van der Waals surface area (Å²) in [6.45, 7) is 0. The molecule has 0 aliphatic heterocycles. The lowest BCUT2D eigenvalue weighted by Crippen LogP contribution is -2.00. The van der Waals surface area contributed by atoms with E-state index in [0.717, 1.165) is 11.6 Å². The third kappa shape index (κ3) is 4.70. The Morgan fingerprint density at radius 3 is 2.29 bits per heavy atom. The van der Waals surface area contributed by atoms with Crippen LogP contribution in [0, 0.1) is 0 Å². The molecule has 0 radical (unpaired) electrons. The second-order valence-corrected chi connectivity index (χ2v) is 2.97. The smallest absolute Gasteiger partial charge is 0.167 e. The Morgan fingerprint density at radius 1 is 1.07 bits per heavy atom. The highest BCUT2D eigenvalue weighted by atomic mass is 19.4. The number of rotatable bonds is 3. The first-order chi connectivity index (χ1) is 6.58. The zero-order chi connectivity index (χ0) is 10.4. The van der Waals surface area contributed by atoms with E-state index in [1.165, 1.54) is 0 Å². The van der Waals surface area contributed by atoms with Crippen LogP contribution in [-0.4, -0.2) is 6.18 Å². The zero-order valence-corrected chi connectivity index (χ0v) is 7.59. The van der Waals surface area contributed by atoms with Crippen molar-refractivity contribution in [3.05, 3.63) is 48.0 Å². The van der Waals surface area contributed by atoms with Gasteiger partial charge in [0.25, 0.3) is 0 Å². The van der Waals surface area contributed by atoms with Gasteiger partial charge in [0.2, 0.25) is 0 Å². The minimum absolute atomic E-state index is 0.288. The van der Waals surface area contributed by atoms with E-state index < -0.39 is 6.18 Å². The lowest BCUT2D eigenvalue weighted by atomic mass is 10.1. The van der Waals surface area contributed by atoms with E-state index in [1.54, 1.807) is 0 Å². The lowest BCUT2D eigenvalue weighted by molar-refractivity contribution is -0.0800. The van der Waals surface area contributed by atoms with Gasteiger partial charge in [0, 0.05) is 6.08 Å². The molecular weight excluding hydrogens is 189 g/mol. The normalized spacial score (nSPS) is 12.2. The van der Waals surface area contributed by atoms with Crippen LogP contribution in [-0.2, 0) is 6.42 Å². The summed E-state index contributed by atoms with van der Waals surface area (Å²) >= 11 is 0. The number of alkyl halides is 3. The van der Waals surface area contributed by atoms with Crippen molar-refractivity contribution >= 4 is 0 Å². The number of allylic oxidation sites excluding steroid dienone is 2. The molecule has 76 valence electrons. The maximum absolute atomic E-state index is 11.7. The monoisotopic (exact) mass is 200 g/mol. The van der Waals surface area contributed by atoms with Crippen LogP contribution in [0.4, 0.5) is 13.2 Å². The van der Waals surface area contributed by atoms with Crippen LogP contribution >= 0.6 is 0 Å². The molecule has 0 fully saturated rings. The van der Waals surface area contributed by atoms with Gasteiger partial charge in [-0.2, -0.15) is 13.2 Å². The highest BCUT2D eigenvalue weighted by Gasteiger charge is 2.21. The first-order valence-corrected chi connectivity index (χ1v) is 4.36. The largest absolute Gasteiger partial charge is 0.409 e. The predicted molar refractivity (Wildman–Crippen MR) is 50.0 cm³/mol. The predicted octanol–water partition coefficient (Wildman–Crippen LogP) is 3.74. The van der Waals surface area contributed by atoms with Crippen LogP contribution < -0.4 is 0 Å². The Morgan fingerprint density at radius 2 is 1.71 bits per heavy atom. The van der Waals surface area contributed by atoms with Gasteiger partial charge in [0.1, 0.15) is 0 Å². The number of benzene rings is 1. The number of halogens is 3. The Labute approximate surface area is 81.1 Å². The molecule has 1 aromatic rings. The van der Waals surface area contributed by atoms with Crippen LogP contribution in [0.1, 0.15) is 12.0 Å². The summed E-state index contributed by atoms with van der Waals surface area (Å²) in [5.74, 6) is 0. The van der Waals surface area contributed by atoms with Gasteiger partial charge in [-0.1, -0.05) is 36.4 Å². The summed E-state index contributed by atoms with van der Waals surface area (Å²) in [4.78, 5) is 0. The molecule has 0 aliphatic carbocycles. The van der Waals surface area contributed by atoms with E-state index in [9.17, 15) is 13.2 Å². The summed E-state index contributed by atoms with van der Waals surface area (Å²) in [6.07, 6.45) is -1.67. The molecule has 0 spiro atoms. The van der Waals surface area contributed by atoms with Gasteiger partial charge in [-0.05, 0) is 18.4 Å². The topological polar surface area (TPSA) is 0 Å². The van der Waals surface area contributed by atoms with Crippen molar-refractivity contribution in [1.29, 1.82) is 0 Å². The molecular formula is C11H11F3. The van der Waals surface area contributed by atoms with Crippen molar-refractivity contribution in [2.45, 2.75) is 19.0 Å². The summed E-state index contributed by atoms with van der Waals surface area (Å²) < 4.78 is 35.1. The molecule has 0 aliphatic rings. The van der Waals surface area contributed by atoms with Crippen molar-refractivity contribution in [1.82, 2.24) is 0 Å². The minimum Gasteiger partial charge on any atom is -0.167 e. The Hall–Kier alpha value is -1.25. The third-order valence-electron chi connectivity index (χ3n) is 1.75. The Bertz CT molecular complexity index is 285. The average molecular weight is 200 g/mol. The Kier molecular flexibility index (Phi) is 3.74.